The molecule has 0 aliphatic heterocycles. The van der Waals surface area contributed by atoms with Gasteiger partial charge in [0, 0.05) is 0 Å². The molecule has 0 radical (unpaired) electrons. The van der Waals surface area contributed by atoms with Gasteiger partial charge in [0.15, 0.2) is 6.10 Å². The van der Waals surface area contributed by atoms with E-state index >= 15 is 0 Å². The van der Waals surface area contributed by atoms with Crippen molar-refractivity contribution in [2.75, 3.05) is 0 Å². The maximum atomic E-state index is 12.4. The molecule has 92 valence electrons. The summed E-state index contributed by atoms with van der Waals surface area (Å²) in [7, 11) is 0. The van der Waals surface area contributed by atoms with Gasteiger partial charge in [0.2, 0.25) is 11.2 Å². The number of aromatic nitrogens is 2. The van der Waals surface area contributed by atoms with Gasteiger partial charge in [-0.2, -0.15) is 18.2 Å². The summed E-state index contributed by atoms with van der Waals surface area (Å²) in [6.07, 6.45) is -6.39. The molecule has 0 spiro atoms. The maximum Gasteiger partial charge on any atom is 0.425 e. The minimum Gasteiger partial charge on any atom is -0.464 e. The van der Waals surface area contributed by atoms with Gasteiger partial charge in [0.05, 0.1) is 5.39 Å². The largest absolute Gasteiger partial charge is 0.464 e. The Morgan fingerprint density at radius 1 is 1.41 bits per heavy atom. The third-order valence-electron chi connectivity index (χ3n) is 2.01. The summed E-state index contributed by atoms with van der Waals surface area (Å²) in [6, 6.07) is 1.59. The topological polar surface area (TPSA) is 35.0 Å². The lowest BCUT2D eigenvalue weighted by Gasteiger charge is -2.17. The van der Waals surface area contributed by atoms with Crippen LogP contribution in [0.1, 0.15) is 6.92 Å². The third-order valence-corrected chi connectivity index (χ3v) is 2.99. The second-order valence-electron chi connectivity index (χ2n) is 3.24. The van der Waals surface area contributed by atoms with Crippen molar-refractivity contribution in [2.45, 2.75) is 19.2 Å². The van der Waals surface area contributed by atoms with Crippen LogP contribution in [0.2, 0.25) is 5.28 Å². The Morgan fingerprint density at radius 2 is 2.12 bits per heavy atom. The minimum atomic E-state index is -4.44. The van der Waals surface area contributed by atoms with Crippen molar-refractivity contribution in [3.05, 3.63) is 16.7 Å². The number of thiophene rings is 1. The van der Waals surface area contributed by atoms with Gasteiger partial charge in [-0.15, -0.1) is 11.3 Å². The summed E-state index contributed by atoms with van der Waals surface area (Å²) in [5.41, 5.74) is 0. The summed E-state index contributed by atoms with van der Waals surface area (Å²) in [5.74, 6) is -0.147. The highest BCUT2D eigenvalue weighted by Crippen LogP contribution is 2.31. The van der Waals surface area contributed by atoms with Gasteiger partial charge >= 0.3 is 6.18 Å². The molecule has 1 atom stereocenters. The van der Waals surface area contributed by atoms with Crippen LogP contribution in [0.4, 0.5) is 13.2 Å². The summed E-state index contributed by atoms with van der Waals surface area (Å²) in [5, 5.41) is 1.97. The lowest BCUT2D eigenvalue weighted by atomic mass is 10.3. The highest BCUT2D eigenvalue weighted by molar-refractivity contribution is 7.16. The molecule has 0 N–H and O–H groups in total. The average molecular weight is 283 g/mol. The minimum absolute atomic E-state index is 0.135. The molecule has 0 bridgehead atoms. The van der Waals surface area contributed by atoms with Crippen LogP contribution in [0.3, 0.4) is 0 Å². The van der Waals surface area contributed by atoms with E-state index in [0.717, 1.165) is 6.92 Å². The van der Waals surface area contributed by atoms with Crippen molar-refractivity contribution in [1.29, 1.82) is 0 Å². The van der Waals surface area contributed by atoms with Crippen molar-refractivity contribution >= 4 is 33.2 Å². The molecule has 3 nitrogen and oxygen atoms in total. The number of halogens is 4. The van der Waals surface area contributed by atoms with E-state index < -0.39 is 12.3 Å². The number of fused-ring (bicyclic) bond motifs is 1. The molecule has 2 rings (SSSR count). The van der Waals surface area contributed by atoms with Crippen molar-refractivity contribution < 1.29 is 17.9 Å². The fourth-order valence-corrected chi connectivity index (χ4v) is 2.09. The molecule has 0 saturated carbocycles. The van der Waals surface area contributed by atoms with Crippen LogP contribution in [-0.2, 0) is 0 Å². The lowest BCUT2D eigenvalue weighted by Crippen LogP contribution is -2.31. The highest BCUT2D eigenvalue weighted by atomic mass is 35.5. The third kappa shape index (κ3) is 2.61. The number of ether oxygens (including phenoxy) is 1. The van der Waals surface area contributed by atoms with Gasteiger partial charge in [-0.3, -0.25) is 0 Å². The van der Waals surface area contributed by atoms with Crippen molar-refractivity contribution in [1.82, 2.24) is 9.97 Å². The molecule has 2 heterocycles. The first-order valence-corrected chi connectivity index (χ1v) is 5.78. The highest BCUT2D eigenvalue weighted by Gasteiger charge is 2.38. The Balaban J connectivity index is 2.38. The number of hydrogen-bond donors (Lipinski definition) is 0. The predicted molar refractivity (Wildman–Crippen MR) is 58.6 cm³/mol. The van der Waals surface area contributed by atoms with E-state index in [-0.39, 0.29) is 11.2 Å². The van der Waals surface area contributed by atoms with Crippen LogP contribution in [-0.4, -0.2) is 22.2 Å². The van der Waals surface area contributed by atoms with Crippen molar-refractivity contribution in [3.8, 4) is 5.88 Å². The van der Waals surface area contributed by atoms with E-state index in [1.165, 1.54) is 11.3 Å². The molecule has 1 unspecified atom stereocenters. The first kappa shape index (κ1) is 12.4. The molecular formula is C9H6ClF3N2OS. The number of rotatable bonds is 2. The lowest BCUT2D eigenvalue weighted by molar-refractivity contribution is -0.189. The predicted octanol–water partition coefficient (Wildman–Crippen LogP) is 3.67. The van der Waals surface area contributed by atoms with Gasteiger partial charge in [0.1, 0.15) is 4.83 Å². The van der Waals surface area contributed by atoms with Crippen molar-refractivity contribution in [3.63, 3.8) is 0 Å². The zero-order valence-corrected chi connectivity index (χ0v) is 10.0. The molecule has 2 aromatic rings. The van der Waals surface area contributed by atoms with E-state index in [1.807, 2.05) is 0 Å². The van der Waals surface area contributed by atoms with E-state index in [0.29, 0.717) is 10.2 Å². The first-order chi connectivity index (χ1) is 7.88. The molecule has 0 aromatic carbocycles. The van der Waals surface area contributed by atoms with Gasteiger partial charge in [-0.25, -0.2) is 4.98 Å². The quantitative estimate of drug-likeness (QED) is 0.788. The van der Waals surface area contributed by atoms with Crippen LogP contribution < -0.4 is 4.74 Å². The van der Waals surface area contributed by atoms with Crippen LogP contribution in [0.5, 0.6) is 5.88 Å². The molecular weight excluding hydrogens is 277 g/mol. The van der Waals surface area contributed by atoms with Gasteiger partial charge < -0.3 is 4.74 Å². The maximum absolute atomic E-state index is 12.4. The second-order valence-corrected chi connectivity index (χ2v) is 4.47. The van der Waals surface area contributed by atoms with E-state index in [1.54, 1.807) is 11.4 Å². The molecule has 0 aliphatic rings. The van der Waals surface area contributed by atoms with Crippen LogP contribution >= 0.6 is 22.9 Å². The number of alkyl halides is 3. The van der Waals surface area contributed by atoms with E-state index in [4.69, 9.17) is 16.3 Å². The summed E-state index contributed by atoms with van der Waals surface area (Å²) < 4.78 is 41.9. The Labute approximate surface area is 103 Å². The molecule has 2 aromatic heterocycles. The molecule has 0 saturated heterocycles. The molecule has 8 heteroatoms. The SMILES string of the molecule is CC(Oc1nc(Cl)nc2sccc12)C(F)(F)F. The fraction of sp³-hybridized carbons (Fsp3) is 0.333. The van der Waals surface area contributed by atoms with E-state index in [2.05, 4.69) is 9.97 Å². The Hall–Kier alpha value is -1.08. The first-order valence-electron chi connectivity index (χ1n) is 4.52. The molecule has 17 heavy (non-hydrogen) atoms. The fourth-order valence-electron chi connectivity index (χ4n) is 1.13. The Morgan fingerprint density at radius 3 is 2.76 bits per heavy atom. The monoisotopic (exact) mass is 282 g/mol. The molecule has 0 amide bonds. The molecule has 0 fully saturated rings. The average Bonchev–Trinajstić information content (AvgIpc) is 2.63. The molecule has 0 aliphatic carbocycles. The second kappa shape index (κ2) is 4.30. The normalized spacial score (nSPS) is 13.9. The standard InChI is InChI=1S/C9H6ClF3N2OS/c1-4(9(11,12)13)16-6-5-2-3-17-7(5)15-8(10)14-6/h2-4H,1H3. The van der Waals surface area contributed by atoms with Gasteiger partial charge in [0.25, 0.3) is 0 Å². The number of hydrogen-bond acceptors (Lipinski definition) is 4. The van der Waals surface area contributed by atoms with Crippen LogP contribution in [0.25, 0.3) is 10.2 Å². The summed E-state index contributed by atoms with van der Waals surface area (Å²) in [6.45, 7) is 0.911. The summed E-state index contributed by atoms with van der Waals surface area (Å²) in [4.78, 5) is 8.04. The summed E-state index contributed by atoms with van der Waals surface area (Å²) >= 11 is 6.86. The number of nitrogens with zero attached hydrogens (tertiary/aromatic N) is 2. The zero-order valence-electron chi connectivity index (χ0n) is 8.45. The van der Waals surface area contributed by atoms with Crippen molar-refractivity contribution in [2.24, 2.45) is 0 Å². The Bertz CT molecular complexity index is 543. The Kier molecular flexibility index (Phi) is 3.13. The van der Waals surface area contributed by atoms with Gasteiger partial charge in [-0.1, -0.05) is 0 Å². The van der Waals surface area contributed by atoms with E-state index in [9.17, 15) is 13.2 Å². The van der Waals surface area contributed by atoms with Crippen LogP contribution in [0, 0.1) is 0 Å². The zero-order chi connectivity index (χ0) is 12.6. The van der Waals surface area contributed by atoms with Gasteiger partial charge in [-0.05, 0) is 30.0 Å². The van der Waals surface area contributed by atoms with Crippen LogP contribution in [0.15, 0.2) is 11.4 Å². The smallest absolute Gasteiger partial charge is 0.425 e.